The molecule has 3 aromatic carbocycles. The van der Waals surface area contributed by atoms with Gasteiger partial charge in [0.05, 0.1) is 28.3 Å². The lowest BCUT2D eigenvalue weighted by Crippen LogP contribution is -2.29. The molecular formula is C25H30N4O11S3. The first-order valence-corrected chi connectivity index (χ1v) is 17.1. The number of anilines is 1. The van der Waals surface area contributed by atoms with Crippen LogP contribution in [0.5, 0.6) is 11.5 Å². The number of phenolic OH excluding ortho intramolecular Hbond substituents is 1. The minimum absolute atomic E-state index is 0.0388. The minimum Gasteiger partial charge on any atom is -0.505 e. The van der Waals surface area contributed by atoms with Gasteiger partial charge >= 0.3 is 0 Å². The number of hydrogen-bond donors (Lipinski definition) is 4. The van der Waals surface area contributed by atoms with Crippen molar-refractivity contribution in [2.45, 2.75) is 35.5 Å². The van der Waals surface area contributed by atoms with Crippen LogP contribution in [0.4, 0.5) is 17.1 Å². The van der Waals surface area contributed by atoms with E-state index in [2.05, 4.69) is 15.5 Å². The lowest BCUT2D eigenvalue weighted by molar-refractivity contribution is -0.114. The van der Waals surface area contributed by atoms with Gasteiger partial charge in [-0.25, -0.2) is 8.42 Å². The van der Waals surface area contributed by atoms with Gasteiger partial charge < -0.3 is 20.1 Å². The molecule has 0 saturated carbocycles. The van der Waals surface area contributed by atoms with E-state index in [0.717, 1.165) is 31.2 Å². The Labute approximate surface area is 248 Å². The summed E-state index contributed by atoms with van der Waals surface area (Å²) in [4.78, 5) is 11.8. The largest absolute Gasteiger partial charge is 0.505 e. The minimum atomic E-state index is -5.15. The van der Waals surface area contributed by atoms with Gasteiger partial charge in [0.15, 0.2) is 15.6 Å². The standard InChI is InChI=1S/C25H30N4O11S3/c1-5-29(6-2)9-10-41(32,33)17-7-8-21(40-4)19(13-17)27-28-24-22(43(37,38)39)12-16-11-18(42(34,35)36)14-20(26-15(3)30)23(16)25(24)31/h7-8,11-14,31H,5-6,9-10H2,1-4H3,(H,26,30)(H,34,35,36)(H,37,38,39)/b28-27+. The van der Waals surface area contributed by atoms with Gasteiger partial charge in [0, 0.05) is 18.9 Å². The molecule has 3 aromatic rings. The van der Waals surface area contributed by atoms with Crippen LogP contribution < -0.4 is 10.1 Å². The Morgan fingerprint density at radius 1 is 0.930 bits per heavy atom. The van der Waals surface area contributed by atoms with Crippen molar-refractivity contribution in [3.05, 3.63) is 36.4 Å². The first-order chi connectivity index (χ1) is 19.9. The first-order valence-electron chi connectivity index (χ1n) is 12.5. The molecule has 4 N–H and O–H groups in total. The third-order valence-electron chi connectivity index (χ3n) is 6.35. The van der Waals surface area contributed by atoms with E-state index in [-0.39, 0.29) is 45.1 Å². The summed E-state index contributed by atoms with van der Waals surface area (Å²) in [6.45, 7) is 6.46. The van der Waals surface area contributed by atoms with E-state index in [9.17, 15) is 44.3 Å². The first kappa shape index (κ1) is 33.8. The number of methoxy groups -OCH3 is 1. The number of phenols is 1. The van der Waals surface area contributed by atoms with Crippen molar-refractivity contribution >= 4 is 63.8 Å². The number of hydrogen-bond acceptors (Lipinski definition) is 12. The molecule has 0 spiro atoms. The van der Waals surface area contributed by atoms with E-state index in [1.165, 1.54) is 19.2 Å². The van der Waals surface area contributed by atoms with Gasteiger partial charge in [-0.3, -0.25) is 13.9 Å². The smallest absolute Gasteiger partial charge is 0.296 e. The molecular weight excluding hydrogens is 628 g/mol. The highest BCUT2D eigenvalue weighted by Crippen LogP contribution is 2.45. The molecule has 0 bridgehead atoms. The maximum Gasteiger partial charge on any atom is 0.296 e. The van der Waals surface area contributed by atoms with E-state index in [1.54, 1.807) is 0 Å². The zero-order valence-corrected chi connectivity index (χ0v) is 25.9. The Morgan fingerprint density at radius 3 is 2.12 bits per heavy atom. The molecule has 0 saturated heterocycles. The average molecular weight is 659 g/mol. The molecule has 0 unspecified atom stereocenters. The summed E-state index contributed by atoms with van der Waals surface area (Å²) in [5.41, 5.74) is -1.33. The summed E-state index contributed by atoms with van der Waals surface area (Å²) in [7, 11) is -12.5. The lowest BCUT2D eigenvalue weighted by atomic mass is 10.1. The van der Waals surface area contributed by atoms with Crippen molar-refractivity contribution < 1.29 is 49.0 Å². The molecule has 1 amide bonds. The molecule has 0 atom stereocenters. The van der Waals surface area contributed by atoms with Crippen molar-refractivity contribution in [3.8, 4) is 11.5 Å². The van der Waals surface area contributed by atoms with Gasteiger partial charge in [-0.15, -0.1) is 10.2 Å². The molecule has 0 aliphatic heterocycles. The van der Waals surface area contributed by atoms with Gasteiger partial charge in [0.2, 0.25) is 5.91 Å². The summed E-state index contributed by atoms with van der Waals surface area (Å²) >= 11 is 0. The Morgan fingerprint density at radius 2 is 1.58 bits per heavy atom. The van der Waals surface area contributed by atoms with Crippen LogP contribution in [0.1, 0.15) is 20.8 Å². The molecule has 18 heteroatoms. The quantitative estimate of drug-likeness (QED) is 0.162. The average Bonchev–Trinajstić information content (AvgIpc) is 2.91. The van der Waals surface area contributed by atoms with Crippen LogP contribution in [0, 0.1) is 0 Å². The van der Waals surface area contributed by atoms with E-state index in [4.69, 9.17) is 4.74 Å². The van der Waals surface area contributed by atoms with Gasteiger partial charge in [-0.05, 0) is 54.9 Å². The van der Waals surface area contributed by atoms with Crippen molar-refractivity contribution in [2.24, 2.45) is 10.2 Å². The second kappa shape index (κ2) is 12.9. The van der Waals surface area contributed by atoms with Crippen LogP contribution in [0.3, 0.4) is 0 Å². The maximum absolute atomic E-state index is 13.0. The summed E-state index contributed by atoms with van der Waals surface area (Å²) in [5, 5.41) is 20.5. The van der Waals surface area contributed by atoms with Gasteiger partial charge in [0.25, 0.3) is 20.2 Å². The monoisotopic (exact) mass is 658 g/mol. The molecule has 15 nitrogen and oxygen atoms in total. The van der Waals surface area contributed by atoms with Crippen LogP contribution in [0.15, 0.2) is 61.3 Å². The Kier molecular flexibility index (Phi) is 10.1. The summed E-state index contributed by atoms with van der Waals surface area (Å²) in [5.74, 6) is -1.81. The van der Waals surface area contributed by atoms with Crippen molar-refractivity contribution in [1.82, 2.24) is 4.90 Å². The summed E-state index contributed by atoms with van der Waals surface area (Å²) in [6.07, 6.45) is 0. The van der Waals surface area contributed by atoms with E-state index < -0.39 is 57.2 Å². The number of ether oxygens (including phenoxy) is 1. The second-order valence-corrected chi connectivity index (χ2v) is 14.1. The number of nitrogens with zero attached hydrogens (tertiary/aromatic N) is 3. The fraction of sp³-hybridized carbons (Fsp3) is 0.320. The number of azo groups is 1. The Balaban J connectivity index is 2.26. The SMILES string of the molecule is CCN(CC)CCS(=O)(=O)c1ccc(OC)c(/N=N/c2c(S(=O)(=O)O)cc3cc(S(=O)(=O)O)cc(NC(C)=O)c3c2O)c1. The van der Waals surface area contributed by atoms with E-state index in [1.807, 2.05) is 18.7 Å². The topological polar surface area (TPSA) is 229 Å². The second-order valence-electron chi connectivity index (χ2n) is 9.15. The normalized spacial score (nSPS) is 12.7. The highest BCUT2D eigenvalue weighted by molar-refractivity contribution is 7.91. The van der Waals surface area contributed by atoms with Gasteiger partial charge in [-0.1, -0.05) is 13.8 Å². The Bertz CT molecular complexity index is 1920. The molecule has 0 aromatic heterocycles. The van der Waals surface area contributed by atoms with Crippen molar-refractivity contribution in [1.29, 1.82) is 0 Å². The molecule has 0 radical (unpaired) electrons. The van der Waals surface area contributed by atoms with Gasteiger partial charge in [0.1, 0.15) is 22.0 Å². The van der Waals surface area contributed by atoms with Crippen LogP contribution >= 0.6 is 0 Å². The van der Waals surface area contributed by atoms with E-state index >= 15 is 0 Å². The zero-order valence-electron chi connectivity index (χ0n) is 23.5. The summed E-state index contributed by atoms with van der Waals surface area (Å²) in [6, 6.07) is 6.15. The molecule has 3 rings (SSSR count). The number of carbonyl (C=O) groups excluding carboxylic acids is 1. The fourth-order valence-electron chi connectivity index (χ4n) is 4.14. The lowest BCUT2D eigenvalue weighted by Gasteiger charge is -2.17. The third-order valence-corrected chi connectivity index (χ3v) is 9.74. The highest BCUT2D eigenvalue weighted by atomic mass is 32.2. The number of sulfone groups is 1. The molecule has 43 heavy (non-hydrogen) atoms. The number of carbonyl (C=O) groups is 1. The predicted molar refractivity (Wildman–Crippen MR) is 157 cm³/mol. The number of benzene rings is 3. The molecule has 0 aliphatic carbocycles. The fourth-order valence-corrected chi connectivity index (χ4v) is 6.64. The predicted octanol–water partition coefficient (Wildman–Crippen LogP) is 3.54. The molecule has 234 valence electrons. The van der Waals surface area contributed by atoms with Crippen LogP contribution in [-0.2, 0) is 34.9 Å². The molecule has 0 heterocycles. The molecule has 0 fully saturated rings. The Hall–Kier alpha value is -3.68. The van der Waals surface area contributed by atoms with Crippen molar-refractivity contribution in [2.75, 3.05) is 37.8 Å². The van der Waals surface area contributed by atoms with Crippen molar-refractivity contribution in [3.63, 3.8) is 0 Å². The maximum atomic E-state index is 13.0. The van der Waals surface area contributed by atoms with Crippen LogP contribution in [0.25, 0.3) is 10.8 Å². The van der Waals surface area contributed by atoms with Crippen LogP contribution in [-0.4, -0.2) is 82.8 Å². The number of fused-ring (bicyclic) bond motifs is 1. The van der Waals surface area contributed by atoms with E-state index in [0.29, 0.717) is 13.1 Å². The highest BCUT2D eigenvalue weighted by Gasteiger charge is 2.26. The number of rotatable bonds is 12. The zero-order chi connectivity index (χ0) is 32.3. The number of amides is 1. The third kappa shape index (κ3) is 7.84. The summed E-state index contributed by atoms with van der Waals surface area (Å²) < 4.78 is 98.9. The number of nitrogens with one attached hydrogen (secondary N) is 1. The van der Waals surface area contributed by atoms with Gasteiger partial charge in [-0.2, -0.15) is 16.8 Å². The molecule has 0 aliphatic rings. The van der Waals surface area contributed by atoms with Crippen LogP contribution in [0.2, 0.25) is 0 Å². The number of aromatic hydroxyl groups is 1.